The van der Waals surface area contributed by atoms with Gasteiger partial charge >= 0.3 is 0 Å². The SMILES string of the molecule is Clc1ccc2ccc(-c3cc4cc(OCc5cccc(Cc6nn[nH]n6)c5)ccc4o3)nc2c1. The fourth-order valence-electron chi connectivity index (χ4n) is 3.90. The van der Waals surface area contributed by atoms with Crippen molar-refractivity contribution in [2.75, 3.05) is 0 Å². The molecule has 3 heterocycles. The zero-order chi connectivity index (χ0) is 22.9. The molecular formula is C26H18ClN5O2. The maximum Gasteiger partial charge on any atom is 0.178 e. The summed E-state index contributed by atoms with van der Waals surface area (Å²) in [6.07, 6.45) is 0.614. The van der Waals surface area contributed by atoms with E-state index >= 15 is 0 Å². The number of hydrogen-bond donors (Lipinski definition) is 1. The van der Waals surface area contributed by atoms with Crippen LogP contribution in [0.1, 0.15) is 17.0 Å². The van der Waals surface area contributed by atoms with Crippen molar-refractivity contribution in [3.8, 4) is 17.2 Å². The number of ether oxygens (including phenoxy) is 1. The molecule has 0 amide bonds. The second kappa shape index (κ2) is 8.61. The molecule has 0 spiro atoms. The Morgan fingerprint density at radius 3 is 2.71 bits per heavy atom. The molecule has 8 heteroatoms. The Labute approximate surface area is 199 Å². The standard InChI is InChI=1S/C26H18ClN5O2/c27-20-6-4-18-5-8-22(28-23(18)14-20)25-13-19-12-21(7-9-24(19)34-25)33-15-17-3-1-2-16(10-17)11-26-29-31-32-30-26/h1-10,12-14H,11,15H2,(H,29,30,31,32). The Bertz CT molecular complexity index is 1610. The molecule has 0 bridgehead atoms. The molecule has 3 aromatic heterocycles. The number of furan rings is 1. The first-order valence-corrected chi connectivity index (χ1v) is 11.1. The molecular weight excluding hydrogens is 450 g/mol. The summed E-state index contributed by atoms with van der Waals surface area (Å²) in [6.45, 7) is 0.448. The van der Waals surface area contributed by atoms with E-state index in [4.69, 9.17) is 25.7 Å². The van der Waals surface area contributed by atoms with E-state index in [0.29, 0.717) is 29.6 Å². The van der Waals surface area contributed by atoms with Crippen LogP contribution in [0.25, 0.3) is 33.3 Å². The van der Waals surface area contributed by atoms with Crippen LogP contribution < -0.4 is 4.74 Å². The minimum Gasteiger partial charge on any atom is -0.489 e. The first kappa shape index (κ1) is 20.4. The Morgan fingerprint density at radius 2 is 1.79 bits per heavy atom. The molecule has 0 atom stereocenters. The molecule has 1 N–H and O–H groups in total. The van der Waals surface area contributed by atoms with Gasteiger partial charge in [-0.25, -0.2) is 4.98 Å². The van der Waals surface area contributed by atoms with Gasteiger partial charge in [0, 0.05) is 22.2 Å². The van der Waals surface area contributed by atoms with Crippen molar-refractivity contribution in [3.63, 3.8) is 0 Å². The van der Waals surface area contributed by atoms with Gasteiger partial charge in [-0.05, 0) is 53.6 Å². The summed E-state index contributed by atoms with van der Waals surface area (Å²) < 4.78 is 12.1. The molecule has 6 aromatic rings. The van der Waals surface area contributed by atoms with E-state index in [1.807, 2.05) is 72.8 Å². The van der Waals surface area contributed by atoms with Crippen LogP contribution in [-0.2, 0) is 13.0 Å². The third-order valence-corrected chi connectivity index (χ3v) is 5.78. The van der Waals surface area contributed by atoms with E-state index < -0.39 is 0 Å². The number of rotatable bonds is 6. The fourth-order valence-corrected chi connectivity index (χ4v) is 4.07. The Morgan fingerprint density at radius 1 is 0.882 bits per heavy atom. The number of fused-ring (bicyclic) bond motifs is 2. The van der Waals surface area contributed by atoms with Gasteiger partial charge in [-0.1, -0.05) is 53.2 Å². The van der Waals surface area contributed by atoms with E-state index in [0.717, 1.165) is 44.4 Å². The molecule has 6 rings (SSSR count). The average molecular weight is 468 g/mol. The monoisotopic (exact) mass is 467 g/mol. The molecule has 0 unspecified atom stereocenters. The highest BCUT2D eigenvalue weighted by Crippen LogP contribution is 2.31. The van der Waals surface area contributed by atoms with Crippen LogP contribution in [0.4, 0.5) is 0 Å². The predicted molar refractivity (Wildman–Crippen MR) is 130 cm³/mol. The van der Waals surface area contributed by atoms with Gasteiger partial charge in [0.15, 0.2) is 11.6 Å². The molecule has 0 radical (unpaired) electrons. The van der Waals surface area contributed by atoms with Crippen molar-refractivity contribution < 1.29 is 9.15 Å². The van der Waals surface area contributed by atoms with Gasteiger partial charge in [-0.3, -0.25) is 0 Å². The Hall–Kier alpha value is -4.23. The quantitative estimate of drug-likeness (QED) is 0.324. The molecule has 0 aliphatic carbocycles. The van der Waals surface area contributed by atoms with Crippen LogP contribution in [-0.4, -0.2) is 25.6 Å². The smallest absolute Gasteiger partial charge is 0.178 e. The fraction of sp³-hybridized carbons (Fsp3) is 0.0769. The first-order valence-electron chi connectivity index (χ1n) is 10.7. The number of aromatic amines is 1. The number of halogens is 1. The van der Waals surface area contributed by atoms with Gasteiger partial charge in [0.25, 0.3) is 0 Å². The summed E-state index contributed by atoms with van der Waals surface area (Å²) in [4.78, 5) is 4.71. The van der Waals surface area contributed by atoms with E-state index in [1.165, 1.54) is 0 Å². The van der Waals surface area contributed by atoms with Crippen LogP contribution in [0.5, 0.6) is 5.75 Å². The van der Waals surface area contributed by atoms with Crippen molar-refractivity contribution in [1.82, 2.24) is 25.6 Å². The maximum atomic E-state index is 6.13. The molecule has 0 aliphatic heterocycles. The summed E-state index contributed by atoms with van der Waals surface area (Å²) in [5.41, 5.74) is 4.52. The van der Waals surface area contributed by atoms with Gasteiger partial charge in [0.05, 0.1) is 5.52 Å². The molecule has 7 nitrogen and oxygen atoms in total. The number of nitrogens with one attached hydrogen (secondary N) is 1. The average Bonchev–Trinajstić information content (AvgIpc) is 3.52. The zero-order valence-corrected chi connectivity index (χ0v) is 18.7. The number of tetrazole rings is 1. The molecule has 0 saturated carbocycles. The van der Waals surface area contributed by atoms with Gasteiger partial charge in [0.1, 0.15) is 23.6 Å². The van der Waals surface area contributed by atoms with Crippen LogP contribution >= 0.6 is 11.6 Å². The van der Waals surface area contributed by atoms with E-state index in [9.17, 15) is 0 Å². The van der Waals surface area contributed by atoms with Crippen molar-refractivity contribution in [2.45, 2.75) is 13.0 Å². The first-order chi connectivity index (χ1) is 16.7. The lowest BCUT2D eigenvalue weighted by Crippen LogP contribution is -1.97. The second-order valence-corrected chi connectivity index (χ2v) is 8.39. The molecule has 0 aliphatic rings. The number of aromatic nitrogens is 5. The Kier molecular flexibility index (Phi) is 5.16. The molecule has 0 fully saturated rings. The largest absolute Gasteiger partial charge is 0.489 e. The van der Waals surface area contributed by atoms with E-state index in [-0.39, 0.29) is 0 Å². The van der Waals surface area contributed by atoms with Crippen molar-refractivity contribution in [1.29, 1.82) is 0 Å². The van der Waals surface area contributed by atoms with Crippen molar-refractivity contribution >= 4 is 33.5 Å². The van der Waals surface area contributed by atoms with E-state index in [2.05, 4.69) is 26.7 Å². The number of nitrogens with zero attached hydrogens (tertiary/aromatic N) is 4. The van der Waals surface area contributed by atoms with Crippen LogP contribution in [0, 0.1) is 0 Å². The summed E-state index contributed by atoms with van der Waals surface area (Å²) >= 11 is 6.13. The summed E-state index contributed by atoms with van der Waals surface area (Å²) in [7, 11) is 0. The minimum atomic E-state index is 0.448. The highest BCUT2D eigenvalue weighted by molar-refractivity contribution is 6.31. The lowest BCUT2D eigenvalue weighted by Gasteiger charge is -2.07. The normalized spacial score (nSPS) is 11.3. The van der Waals surface area contributed by atoms with Crippen LogP contribution in [0.3, 0.4) is 0 Å². The number of benzene rings is 3. The highest BCUT2D eigenvalue weighted by Gasteiger charge is 2.10. The highest BCUT2D eigenvalue weighted by atomic mass is 35.5. The second-order valence-electron chi connectivity index (χ2n) is 7.96. The summed E-state index contributed by atoms with van der Waals surface area (Å²) in [5.74, 6) is 2.12. The third kappa shape index (κ3) is 4.21. The van der Waals surface area contributed by atoms with Crippen molar-refractivity contribution in [3.05, 3.63) is 101 Å². The molecule has 3 aromatic carbocycles. The minimum absolute atomic E-state index is 0.448. The summed E-state index contributed by atoms with van der Waals surface area (Å²) in [6, 6.07) is 25.6. The van der Waals surface area contributed by atoms with Gasteiger partial charge in [-0.2, -0.15) is 5.21 Å². The van der Waals surface area contributed by atoms with Crippen LogP contribution in [0.15, 0.2) is 83.3 Å². The van der Waals surface area contributed by atoms with E-state index in [1.54, 1.807) is 0 Å². The van der Waals surface area contributed by atoms with Gasteiger partial charge in [0.2, 0.25) is 0 Å². The maximum absolute atomic E-state index is 6.13. The number of H-pyrrole nitrogens is 1. The van der Waals surface area contributed by atoms with Crippen molar-refractivity contribution in [2.24, 2.45) is 0 Å². The van der Waals surface area contributed by atoms with Gasteiger partial charge in [-0.15, -0.1) is 10.2 Å². The molecule has 0 saturated heterocycles. The predicted octanol–water partition coefficient (Wildman–Crippen LogP) is 5.98. The van der Waals surface area contributed by atoms with Crippen LogP contribution in [0.2, 0.25) is 5.02 Å². The number of pyridine rings is 1. The van der Waals surface area contributed by atoms with Gasteiger partial charge < -0.3 is 9.15 Å². The lowest BCUT2D eigenvalue weighted by molar-refractivity contribution is 0.306. The topological polar surface area (TPSA) is 89.7 Å². The molecule has 34 heavy (non-hydrogen) atoms. The number of hydrogen-bond acceptors (Lipinski definition) is 6. The molecule has 166 valence electrons. The zero-order valence-electron chi connectivity index (χ0n) is 17.9. The summed E-state index contributed by atoms with van der Waals surface area (Å²) in [5, 5.41) is 16.7. The third-order valence-electron chi connectivity index (χ3n) is 5.54. The lowest BCUT2D eigenvalue weighted by atomic mass is 10.1. The Balaban J connectivity index is 1.20.